The number of carbonyl (C=O) groups is 1. The summed E-state index contributed by atoms with van der Waals surface area (Å²) in [5, 5.41) is 10.4. The summed E-state index contributed by atoms with van der Waals surface area (Å²) in [6, 6.07) is 7.89. The average Bonchev–Trinajstić information content (AvgIpc) is 2.80. The molecule has 21 heavy (non-hydrogen) atoms. The van der Waals surface area contributed by atoms with Crippen molar-refractivity contribution in [3.8, 4) is 0 Å². The van der Waals surface area contributed by atoms with Crippen molar-refractivity contribution in [1.29, 1.82) is 0 Å². The van der Waals surface area contributed by atoms with E-state index in [4.69, 9.17) is 18.0 Å². The van der Waals surface area contributed by atoms with Crippen LogP contribution >= 0.6 is 12.2 Å². The van der Waals surface area contributed by atoms with Gasteiger partial charge in [-0.15, -0.1) is 0 Å². The molecule has 0 saturated carbocycles. The number of anilines is 2. The van der Waals surface area contributed by atoms with Crippen LogP contribution in [0.25, 0.3) is 0 Å². The van der Waals surface area contributed by atoms with E-state index in [9.17, 15) is 4.79 Å². The van der Waals surface area contributed by atoms with Crippen molar-refractivity contribution in [3.05, 3.63) is 41.7 Å². The van der Waals surface area contributed by atoms with Gasteiger partial charge in [0.15, 0.2) is 5.11 Å². The van der Waals surface area contributed by atoms with Gasteiger partial charge in [-0.25, -0.2) is 0 Å². The molecule has 0 bridgehead atoms. The summed E-state index contributed by atoms with van der Waals surface area (Å²) in [4.78, 5) is 11.4. The van der Waals surface area contributed by atoms with E-state index in [1.165, 1.54) is 10.9 Å². The van der Waals surface area contributed by atoms with Crippen molar-refractivity contribution in [3.63, 3.8) is 0 Å². The first-order valence-electron chi connectivity index (χ1n) is 6.50. The molecule has 1 aromatic heterocycles. The lowest BCUT2D eigenvalue weighted by Gasteiger charge is -2.13. The number of carbonyl (C=O) groups excluding carboxylic acids is 1. The Labute approximate surface area is 128 Å². The van der Waals surface area contributed by atoms with Gasteiger partial charge in [0.1, 0.15) is 5.69 Å². The highest BCUT2D eigenvalue weighted by atomic mass is 32.1. The highest BCUT2D eigenvalue weighted by molar-refractivity contribution is 7.80. The van der Waals surface area contributed by atoms with Gasteiger partial charge in [-0.05, 0) is 30.3 Å². The molecule has 0 aliphatic carbocycles. The summed E-state index contributed by atoms with van der Waals surface area (Å²) in [5.74, 6) is -0.561. The van der Waals surface area contributed by atoms with Gasteiger partial charge in [0.25, 0.3) is 5.91 Å². The average molecular weight is 303 g/mol. The molecule has 0 aliphatic heterocycles. The molecular weight excluding hydrogens is 286 g/mol. The number of hydrogen-bond donors (Lipinski definition) is 3. The highest BCUT2D eigenvalue weighted by Crippen LogP contribution is 2.17. The minimum Gasteiger partial charge on any atom is -0.364 e. The molecule has 0 radical (unpaired) electrons. The third-order valence-electron chi connectivity index (χ3n) is 3.07. The smallest absolute Gasteiger partial charge is 0.269 e. The van der Waals surface area contributed by atoms with E-state index < -0.39 is 5.91 Å². The van der Waals surface area contributed by atoms with Gasteiger partial charge >= 0.3 is 0 Å². The maximum atomic E-state index is 11.4. The Morgan fingerprint density at radius 3 is 2.67 bits per heavy atom. The fraction of sp³-hybridized carbons (Fsp3) is 0.214. The minimum atomic E-state index is -0.561. The van der Waals surface area contributed by atoms with Gasteiger partial charge < -0.3 is 16.4 Å². The first-order valence-corrected chi connectivity index (χ1v) is 6.91. The largest absolute Gasteiger partial charge is 0.364 e. The maximum Gasteiger partial charge on any atom is 0.269 e. The molecule has 0 fully saturated rings. The fourth-order valence-corrected chi connectivity index (χ4v) is 2.27. The van der Waals surface area contributed by atoms with Crippen LogP contribution < -0.4 is 16.4 Å². The number of aryl methyl sites for hydroxylation is 2. The van der Waals surface area contributed by atoms with E-state index in [0.717, 1.165) is 17.7 Å². The molecule has 0 aliphatic rings. The van der Waals surface area contributed by atoms with E-state index in [1.807, 2.05) is 24.3 Å². The molecule has 2 aromatic rings. The van der Waals surface area contributed by atoms with Crippen LogP contribution in [0.4, 0.5) is 11.4 Å². The van der Waals surface area contributed by atoms with Gasteiger partial charge in [-0.3, -0.25) is 9.48 Å². The van der Waals surface area contributed by atoms with Crippen molar-refractivity contribution in [2.24, 2.45) is 12.8 Å². The molecule has 0 spiro atoms. The van der Waals surface area contributed by atoms with Crippen molar-refractivity contribution in [2.45, 2.75) is 13.3 Å². The van der Waals surface area contributed by atoms with Crippen LogP contribution in [0.3, 0.4) is 0 Å². The molecule has 0 saturated heterocycles. The van der Waals surface area contributed by atoms with E-state index in [2.05, 4.69) is 22.7 Å². The molecule has 0 atom stereocenters. The third-order valence-corrected chi connectivity index (χ3v) is 3.27. The molecule has 1 heterocycles. The number of aromatic nitrogens is 2. The van der Waals surface area contributed by atoms with Crippen LogP contribution in [0.5, 0.6) is 0 Å². The summed E-state index contributed by atoms with van der Waals surface area (Å²) in [5.41, 5.74) is 8.18. The Morgan fingerprint density at radius 1 is 1.33 bits per heavy atom. The number of primary amides is 1. The summed E-state index contributed by atoms with van der Waals surface area (Å²) in [6.07, 6.45) is 2.41. The molecule has 6 nitrogen and oxygen atoms in total. The van der Waals surface area contributed by atoms with Gasteiger partial charge in [-0.1, -0.05) is 25.1 Å². The number of amides is 1. The van der Waals surface area contributed by atoms with Crippen LogP contribution in [0.1, 0.15) is 23.0 Å². The van der Waals surface area contributed by atoms with Gasteiger partial charge in [0.05, 0.1) is 11.9 Å². The summed E-state index contributed by atoms with van der Waals surface area (Å²) in [7, 11) is 1.65. The van der Waals surface area contributed by atoms with Crippen molar-refractivity contribution in [2.75, 3.05) is 10.6 Å². The van der Waals surface area contributed by atoms with E-state index in [1.54, 1.807) is 7.05 Å². The van der Waals surface area contributed by atoms with E-state index in [-0.39, 0.29) is 5.69 Å². The monoisotopic (exact) mass is 303 g/mol. The Hall–Kier alpha value is -2.41. The van der Waals surface area contributed by atoms with Crippen molar-refractivity contribution >= 4 is 34.6 Å². The van der Waals surface area contributed by atoms with Crippen LogP contribution in [-0.4, -0.2) is 20.8 Å². The van der Waals surface area contributed by atoms with Crippen molar-refractivity contribution in [1.82, 2.24) is 9.78 Å². The standard InChI is InChI=1S/C14H17N5OS/c1-3-9-6-4-5-7-10(9)17-14(21)18-11-8-16-19(2)12(11)13(15)20/h4-8H,3H2,1-2H3,(H2,15,20)(H2,17,18,21). The van der Waals surface area contributed by atoms with Crippen LogP contribution in [-0.2, 0) is 13.5 Å². The molecular formula is C14H17N5OS. The van der Waals surface area contributed by atoms with E-state index >= 15 is 0 Å². The zero-order valence-electron chi connectivity index (χ0n) is 11.9. The molecule has 7 heteroatoms. The molecule has 1 amide bonds. The second-order valence-corrected chi connectivity index (χ2v) is 4.89. The lowest BCUT2D eigenvalue weighted by atomic mass is 10.1. The van der Waals surface area contributed by atoms with Crippen LogP contribution in [0.2, 0.25) is 0 Å². The first kappa shape index (κ1) is 15.0. The maximum absolute atomic E-state index is 11.4. The molecule has 0 unspecified atom stereocenters. The van der Waals surface area contributed by atoms with Gasteiger partial charge in [0, 0.05) is 12.7 Å². The first-order chi connectivity index (χ1) is 10.0. The number of nitrogens with zero attached hydrogens (tertiary/aromatic N) is 2. The number of thiocarbonyl (C=S) groups is 1. The predicted octanol–water partition coefficient (Wildman–Crippen LogP) is 1.89. The SMILES string of the molecule is CCc1ccccc1NC(=S)Nc1cnn(C)c1C(N)=O. The molecule has 4 N–H and O–H groups in total. The second kappa shape index (κ2) is 6.36. The number of para-hydroxylation sites is 1. The quantitative estimate of drug-likeness (QED) is 0.751. The highest BCUT2D eigenvalue weighted by Gasteiger charge is 2.15. The Balaban J connectivity index is 2.14. The van der Waals surface area contributed by atoms with E-state index in [0.29, 0.717) is 10.8 Å². The molecule has 1 aromatic carbocycles. The number of benzene rings is 1. The zero-order valence-corrected chi connectivity index (χ0v) is 12.7. The Morgan fingerprint density at radius 2 is 2.00 bits per heavy atom. The predicted molar refractivity (Wildman–Crippen MR) is 87.4 cm³/mol. The Kier molecular flexibility index (Phi) is 4.54. The lowest BCUT2D eigenvalue weighted by molar-refractivity contribution is 0.0992. The van der Waals surface area contributed by atoms with Crippen LogP contribution in [0.15, 0.2) is 30.5 Å². The number of hydrogen-bond acceptors (Lipinski definition) is 3. The number of nitrogens with one attached hydrogen (secondary N) is 2. The van der Waals surface area contributed by atoms with Crippen LogP contribution in [0, 0.1) is 0 Å². The number of rotatable bonds is 4. The summed E-state index contributed by atoms with van der Waals surface area (Å²) < 4.78 is 1.41. The normalized spacial score (nSPS) is 10.2. The zero-order chi connectivity index (χ0) is 15.4. The second-order valence-electron chi connectivity index (χ2n) is 4.48. The fourth-order valence-electron chi connectivity index (χ4n) is 2.05. The Bertz CT molecular complexity index is 680. The molecule has 110 valence electrons. The molecule has 2 rings (SSSR count). The van der Waals surface area contributed by atoms with Crippen molar-refractivity contribution < 1.29 is 4.79 Å². The minimum absolute atomic E-state index is 0.280. The number of nitrogens with two attached hydrogens (primary N) is 1. The summed E-state index contributed by atoms with van der Waals surface area (Å²) >= 11 is 5.27. The lowest BCUT2D eigenvalue weighted by Crippen LogP contribution is -2.23. The van der Waals surface area contributed by atoms with Gasteiger partial charge in [-0.2, -0.15) is 5.10 Å². The third kappa shape index (κ3) is 3.38. The van der Waals surface area contributed by atoms with Gasteiger partial charge in [0.2, 0.25) is 0 Å². The topological polar surface area (TPSA) is 85.0 Å². The summed E-state index contributed by atoms with van der Waals surface area (Å²) in [6.45, 7) is 2.07.